The number of hydrogen-bond donors (Lipinski definition) is 1. The summed E-state index contributed by atoms with van der Waals surface area (Å²) in [6.07, 6.45) is 0.252. The molecule has 2 aromatic rings. The number of halogens is 1. The molecule has 0 radical (unpaired) electrons. The van der Waals surface area contributed by atoms with Crippen molar-refractivity contribution in [1.82, 2.24) is 5.32 Å². The molecule has 5 heteroatoms. The van der Waals surface area contributed by atoms with Gasteiger partial charge in [-0.2, -0.15) is 0 Å². The number of ether oxygens (including phenoxy) is 2. The van der Waals surface area contributed by atoms with E-state index in [2.05, 4.69) is 5.32 Å². The maximum absolute atomic E-state index is 13.2. The first-order chi connectivity index (χ1) is 10.6. The van der Waals surface area contributed by atoms with Crippen LogP contribution in [0.15, 0.2) is 42.5 Å². The van der Waals surface area contributed by atoms with E-state index >= 15 is 0 Å². The standard InChI is InChI=1S/C17H18FNO3/c1-21-15-6-3-12(4-7-15)9-17(20)19-11-13-10-14(18)5-8-16(13)22-2/h3-8,10H,9,11H2,1-2H3,(H,19,20). The van der Waals surface area contributed by atoms with E-state index in [4.69, 9.17) is 9.47 Å². The predicted molar refractivity (Wildman–Crippen MR) is 81.5 cm³/mol. The molecular formula is C17H18FNO3. The first kappa shape index (κ1) is 15.8. The molecule has 0 unspecified atom stereocenters. The van der Waals surface area contributed by atoms with Crippen molar-refractivity contribution in [1.29, 1.82) is 0 Å². The molecule has 0 saturated carbocycles. The summed E-state index contributed by atoms with van der Waals surface area (Å²) in [7, 11) is 3.10. The molecule has 0 aliphatic carbocycles. The Morgan fingerprint density at radius 3 is 2.45 bits per heavy atom. The zero-order chi connectivity index (χ0) is 15.9. The number of benzene rings is 2. The Hall–Kier alpha value is -2.56. The molecular weight excluding hydrogens is 285 g/mol. The highest BCUT2D eigenvalue weighted by atomic mass is 19.1. The van der Waals surface area contributed by atoms with Gasteiger partial charge in [-0.05, 0) is 35.9 Å². The Kier molecular flexibility index (Phi) is 5.36. The molecule has 0 aromatic heterocycles. The fourth-order valence-corrected chi connectivity index (χ4v) is 2.07. The van der Waals surface area contributed by atoms with E-state index in [0.717, 1.165) is 11.3 Å². The summed E-state index contributed by atoms with van der Waals surface area (Å²) < 4.78 is 23.5. The summed E-state index contributed by atoms with van der Waals surface area (Å²) in [5.74, 6) is 0.788. The smallest absolute Gasteiger partial charge is 0.224 e. The van der Waals surface area contributed by atoms with E-state index in [9.17, 15) is 9.18 Å². The van der Waals surface area contributed by atoms with Crippen molar-refractivity contribution < 1.29 is 18.7 Å². The number of hydrogen-bond acceptors (Lipinski definition) is 3. The highest BCUT2D eigenvalue weighted by Crippen LogP contribution is 2.19. The van der Waals surface area contributed by atoms with Crippen molar-refractivity contribution in [3.63, 3.8) is 0 Å². The maximum Gasteiger partial charge on any atom is 0.224 e. The normalized spacial score (nSPS) is 10.1. The second-order valence-corrected chi connectivity index (χ2v) is 4.76. The number of rotatable bonds is 6. The zero-order valence-electron chi connectivity index (χ0n) is 12.6. The van der Waals surface area contributed by atoms with Crippen molar-refractivity contribution in [2.75, 3.05) is 14.2 Å². The minimum atomic E-state index is -0.361. The van der Waals surface area contributed by atoms with Gasteiger partial charge in [-0.15, -0.1) is 0 Å². The lowest BCUT2D eigenvalue weighted by Crippen LogP contribution is -2.24. The summed E-state index contributed by atoms with van der Waals surface area (Å²) in [6, 6.07) is 11.5. The van der Waals surface area contributed by atoms with E-state index in [1.807, 2.05) is 12.1 Å². The van der Waals surface area contributed by atoms with Crippen molar-refractivity contribution in [3.8, 4) is 11.5 Å². The number of amides is 1. The minimum absolute atomic E-state index is 0.142. The average Bonchev–Trinajstić information content (AvgIpc) is 2.54. The first-order valence-electron chi connectivity index (χ1n) is 6.84. The van der Waals surface area contributed by atoms with E-state index in [1.165, 1.54) is 19.2 Å². The van der Waals surface area contributed by atoms with Crippen LogP contribution in [0.3, 0.4) is 0 Å². The fraction of sp³-hybridized carbons (Fsp3) is 0.235. The van der Waals surface area contributed by atoms with Crippen LogP contribution in [-0.4, -0.2) is 20.1 Å². The van der Waals surface area contributed by atoms with Gasteiger partial charge in [0.2, 0.25) is 5.91 Å². The van der Waals surface area contributed by atoms with Crippen LogP contribution in [0.5, 0.6) is 11.5 Å². The Morgan fingerprint density at radius 2 is 1.82 bits per heavy atom. The number of carbonyl (C=O) groups is 1. The summed E-state index contributed by atoms with van der Waals surface area (Å²) in [4.78, 5) is 11.9. The van der Waals surface area contributed by atoms with Crippen molar-refractivity contribution >= 4 is 5.91 Å². The van der Waals surface area contributed by atoms with E-state index in [-0.39, 0.29) is 24.7 Å². The van der Waals surface area contributed by atoms with Crippen LogP contribution in [0, 0.1) is 5.82 Å². The molecule has 0 heterocycles. The van der Waals surface area contributed by atoms with Crippen LogP contribution in [0.4, 0.5) is 4.39 Å². The van der Waals surface area contributed by atoms with E-state index in [1.54, 1.807) is 25.3 Å². The third-order valence-corrected chi connectivity index (χ3v) is 3.24. The highest BCUT2D eigenvalue weighted by Gasteiger charge is 2.08. The second kappa shape index (κ2) is 7.45. The third-order valence-electron chi connectivity index (χ3n) is 3.24. The zero-order valence-corrected chi connectivity index (χ0v) is 12.6. The Morgan fingerprint density at radius 1 is 1.09 bits per heavy atom. The minimum Gasteiger partial charge on any atom is -0.497 e. The molecule has 116 valence electrons. The van der Waals surface area contributed by atoms with Gasteiger partial charge < -0.3 is 14.8 Å². The number of methoxy groups -OCH3 is 2. The predicted octanol–water partition coefficient (Wildman–Crippen LogP) is 2.70. The molecule has 0 bridgehead atoms. The molecule has 0 saturated heterocycles. The lowest BCUT2D eigenvalue weighted by molar-refractivity contribution is -0.120. The molecule has 2 rings (SSSR count). The molecule has 0 aliphatic heterocycles. The van der Waals surface area contributed by atoms with Crippen LogP contribution in [0.2, 0.25) is 0 Å². The quantitative estimate of drug-likeness (QED) is 0.892. The number of carbonyl (C=O) groups excluding carboxylic acids is 1. The molecule has 1 amide bonds. The van der Waals surface area contributed by atoms with Crippen LogP contribution in [-0.2, 0) is 17.8 Å². The van der Waals surface area contributed by atoms with Gasteiger partial charge in [-0.3, -0.25) is 4.79 Å². The van der Waals surface area contributed by atoms with Crippen LogP contribution < -0.4 is 14.8 Å². The molecule has 0 atom stereocenters. The first-order valence-corrected chi connectivity index (χ1v) is 6.84. The topological polar surface area (TPSA) is 47.6 Å². The van der Waals surface area contributed by atoms with Crippen LogP contribution in [0.25, 0.3) is 0 Å². The summed E-state index contributed by atoms with van der Waals surface area (Å²) in [6.45, 7) is 0.218. The van der Waals surface area contributed by atoms with Gasteiger partial charge in [0.25, 0.3) is 0 Å². The number of nitrogens with one attached hydrogen (secondary N) is 1. The lowest BCUT2D eigenvalue weighted by atomic mass is 10.1. The molecule has 22 heavy (non-hydrogen) atoms. The summed E-state index contributed by atoms with van der Waals surface area (Å²) in [5, 5.41) is 2.76. The third kappa shape index (κ3) is 4.22. The van der Waals surface area contributed by atoms with Gasteiger partial charge in [0.15, 0.2) is 0 Å². The van der Waals surface area contributed by atoms with Crippen molar-refractivity contribution in [2.45, 2.75) is 13.0 Å². The van der Waals surface area contributed by atoms with Crippen LogP contribution >= 0.6 is 0 Å². The van der Waals surface area contributed by atoms with Crippen molar-refractivity contribution in [2.24, 2.45) is 0 Å². The summed E-state index contributed by atoms with van der Waals surface area (Å²) >= 11 is 0. The maximum atomic E-state index is 13.2. The van der Waals surface area contributed by atoms with Gasteiger partial charge in [0, 0.05) is 12.1 Å². The van der Waals surface area contributed by atoms with E-state index < -0.39 is 0 Å². The SMILES string of the molecule is COc1ccc(CC(=O)NCc2cc(F)ccc2OC)cc1. The Bertz CT molecular complexity index is 641. The fourth-order valence-electron chi connectivity index (χ4n) is 2.07. The molecule has 4 nitrogen and oxygen atoms in total. The van der Waals surface area contributed by atoms with Gasteiger partial charge in [-0.1, -0.05) is 12.1 Å². The molecule has 0 fully saturated rings. The molecule has 1 N–H and O–H groups in total. The van der Waals surface area contributed by atoms with Crippen molar-refractivity contribution in [3.05, 3.63) is 59.4 Å². The van der Waals surface area contributed by atoms with Gasteiger partial charge >= 0.3 is 0 Å². The molecule has 2 aromatic carbocycles. The van der Waals surface area contributed by atoms with Gasteiger partial charge in [-0.25, -0.2) is 4.39 Å². The average molecular weight is 303 g/mol. The Balaban J connectivity index is 1.93. The highest BCUT2D eigenvalue weighted by molar-refractivity contribution is 5.78. The lowest BCUT2D eigenvalue weighted by Gasteiger charge is -2.10. The Labute approximate surface area is 128 Å². The molecule has 0 spiro atoms. The van der Waals surface area contributed by atoms with Gasteiger partial charge in [0.1, 0.15) is 17.3 Å². The van der Waals surface area contributed by atoms with Gasteiger partial charge in [0.05, 0.1) is 20.6 Å². The van der Waals surface area contributed by atoms with E-state index in [0.29, 0.717) is 11.3 Å². The molecule has 0 aliphatic rings. The van der Waals surface area contributed by atoms with Crippen LogP contribution in [0.1, 0.15) is 11.1 Å². The largest absolute Gasteiger partial charge is 0.497 e. The monoisotopic (exact) mass is 303 g/mol. The second-order valence-electron chi connectivity index (χ2n) is 4.76. The summed E-state index contributed by atoms with van der Waals surface area (Å²) in [5.41, 5.74) is 1.48.